The zero-order chi connectivity index (χ0) is 15.2. The number of hydrogen-bond donors (Lipinski definition) is 3. The number of ether oxygens (including phenoxy) is 1. The van der Waals surface area contributed by atoms with Crippen molar-refractivity contribution in [2.45, 2.75) is 26.1 Å². The number of hydrogen-bond acceptors (Lipinski definition) is 4. The maximum absolute atomic E-state index is 9.95. The number of rotatable bonds is 6. The average molecular weight is 287 g/mol. The van der Waals surface area contributed by atoms with Gasteiger partial charge < -0.3 is 20.3 Å². The van der Waals surface area contributed by atoms with Crippen LogP contribution in [-0.2, 0) is 13.2 Å². The van der Waals surface area contributed by atoms with Gasteiger partial charge in [0, 0.05) is 18.2 Å². The van der Waals surface area contributed by atoms with Crippen LogP contribution in [-0.4, -0.2) is 17.3 Å². The molecule has 0 amide bonds. The van der Waals surface area contributed by atoms with Gasteiger partial charge in [-0.2, -0.15) is 0 Å². The Morgan fingerprint density at radius 2 is 1.90 bits per heavy atom. The molecule has 0 heterocycles. The van der Waals surface area contributed by atoms with E-state index in [4.69, 9.17) is 9.84 Å². The highest BCUT2D eigenvalue weighted by molar-refractivity contribution is 5.41. The maximum Gasteiger partial charge on any atom is 0.120 e. The summed E-state index contributed by atoms with van der Waals surface area (Å²) in [6, 6.07) is 13.0. The van der Waals surface area contributed by atoms with Gasteiger partial charge in [-0.3, -0.25) is 0 Å². The molecule has 4 nitrogen and oxygen atoms in total. The highest BCUT2D eigenvalue weighted by Gasteiger charge is 2.11. The summed E-state index contributed by atoms with van der Waals surface area (Å²) in [5.74, 6) is 0.971. The van der Waals surface area contributed by atoms with Crippen LogP contribution in [0.15, 0.2) is 42.5 Å². The number of nitrogens with one attached hydrogen (secondary N) is 1. The monoisotopic (exact) mass is 287 g/mol. The van der Waals surface area contributed by atoms with E-state index in [2.05, 4.69) is 5.32 Å². The van der Waals surface area contributed by atoms with Gasteiger partial charge in [-0.15, -0.1) is 0 Å². The first-order valence-electron chi connectivity index (χ1n) is 6.93. The summed E-state index contributed by atoms with van der Waals surface area (Å²) in [4.78, 5) is 0. The molecule has 0 aliphatic rings. The van der Waals surface area contributed by atoms with Crippen molar-refractivity contribution >= 4 is 0 Å². The van der Waals surface area contributed by atoms with Crippen molar-refractivity contribution in [3.63, 3.8) is 0 Å². The normalized spacial score (nSPS) is 12.1. The van der Waals surface area contributed by atoms with E-state index in [1.807, 2.05) is 37.3 Å². The fourth-order valence-corrected chi connectivity index (χ4v) is 2.23. The Morgan fingerprint density at radius 1 is 1.14 bits per heavy atom. The zero-order valence-electron chi connectivity index (χ0n) is 12.3. The van der Waals surface area contributed by atoms with Crippen LogP contribution >= 0.6 is 0 Å². The van der Waals surface area contributed by atoms with Crippen LogP contribution in [0.5, 0.6) is 11.5 Å². The second-order valence-electron chi connectivity index (χ2n) is 5.01. The largest absolute Gasteiger partial charge is 0.508 e. The predicted octanol–water partition coefficient (Wildman–Crippen LogP) is 2.74. The SMILES string of the molecule is COc1ccc(O)c(C(C)NCc2cccc(CO)c2)c1. The van der Waals surface area contributed by atoms with Gasteiger partial charge >= 0.3 is 0 Å². The lowest BCUT2D eigenvalue weighted by Crippen LogP contribution is -2.18. The molecule has 2 aromatic rings. The molecule has 0 aromatic heterocycles. The summed E-state index contributed by atoms with van der Waals surface area (Å²) in [5, 5.41) is 22.5. The molecule has 1 atom stereocenters. The lowest BCUT2D eigenvalue weighted by atomic mass is 10.1. The van der Waals surface area contributed by atoms with E-state index >= 15 is 0 Å². The molecule has 0 aliphatic carbocycles. The van der Waals surface area contributed by atoms with Crippen molar-refractivity contribution in [3.8, 4) is 11.5 Å². The summed E-state index contributed by atoms with van der Waals surface area (Å²) in [5.41, 5.74) is 2.79. The van der Waals surface area contributed by atoms with E-state index in [-0.39, 0.29) is 18.4 Å². The van der Waals surface area contributed by atoms with Crippen LogP contribution in [0.3, 0.4) is 0 Å². The molecule has 0 saturated carbocycles. The van der Waals surface area contributed by atoms with Crippen LogP contribution in [0.25, 0.3) is 0 Å². The van der Waals surface area contributed by atoms with Crippen LogP contribution in [0.2, 0.25) is 0 Å². The summed E-state index contributed by atoms with van der Waals surface area (Å²) in [7, 11) is 1.61. The molecule has 2 aromatic carbocycles. The first kappa shape index (κ1) is 15.4. The zero-order valence-corrected chi connectivity index (χ0v) is 12.3. The van der Waals surface area contributed by atoms with Gasteiger partial charge in [-0.25, -0.2) is 0 Å². The second kappa shape index (κ2) is 7.11. The van der Waals surface area contributed by atoms with E-state index in [9.17, 15) is 5.11 Å². The third-order valence-electron chi connectivity index (χ3n) is 3.49. The van der Waals surface area contributed by atoms with E-state index in [1.54, 1.807) is 19.2 Å². The van der Waals surface area contributed by atoms with Gasteiger partial charge in [0.15, 0.2) is 0 Å². The molecule has 2 rings (SSSR count). The van der Waals surface area contributed by atoms with Crippen LogP contribution in [0.1, 0.15) is 29.7 Å². The first-order valence-corrected chi connectivity index (χ1v) is 6.93. The molecule has 21 heavy (non-hydrogen) atoms. The Morgan fingerprint density at radius 3 is 2.62 bits per heavy atom. The lowest BCUT2D eigenvalue weighted by molar-refractivity contribution is 0.281. The molecule has 0 spiro atoms. The topological polar surface area (TPSA) is 61.7 Å². The van der Waals surface area contributed by atoms with Gasteiger partial charge in [-0.1, -0.05) is 24.3 Å². The molecule has 0 saturated heterocycles. The quantitative estimate of drug-likeness (QED) is 0.764. The van der Waals surface area contributed by atoms with Crippen molar-refractivity contribution in [1.82, 2.24) is 5.32 Å². The molecule has 0 aliphatic heterocycles. The summed E-state index contributed by atoms with van der Waals surface area (Å²) < 4.78 is 5.19. The van der Waals surface area contributed by atoms with Gasteiger partial charge in [0.2, 0.25) is 0 Å². The third kappa shape index (κ3) is 3.97. The third-order valence-corrected chi connectivity index (χ3v) is 3.49. The van der Waals surface area contributed by atoms with Gasteiger partial charge in [0.05, 0.1) is 13.7 Å². The Balaban J connectivity index is 2.05. The minimum absolute atomic E-state index is 0.0158. The van der Waals surface area contributed by atoms with Crippen molar-refractivity contribution in [2.24, 2.45) is 0 Å². The number of benzene rings is 2. The number of aromatic hydroxyl groups is 1. The maximum atomic E-state index is 9.95. The van der Waals surface area contributed by atoms with E-state index in [0.29, 0.717) is 6.54 Å². The van der Waals surface area contributed by atoms with Crippen LogP contribution in [0, 0.1) is 0 Å². The number of phenolic OH excluding ortho intramolecular Hbond substituents is 1. The predicted molar refractivity (Wildman–Crippen MR) is 82.3 cm³/mol. The minimum atomic E-state index is -0.0158. The molecule has 0 fully saturated rings. The number of methoxy groups -OCH3 is 1. The van der Waals surface area contributed by atoms with Crippen molar-refractivity contribution < 1.29 is 14.9 Å². The number of aliphatic hydroxyl groups excluding tert-OH is 1. The smallest absolute Gasteiger partial charge is 0.120 e. The Labute approximate surface area is 125 Å². The molecule has 3 N–H and O–H groups in total. The van der Waals surface area contributed by atoms with E-state index in [1.165, 1.54) is 0 Å². The Hall–Kier alpha value is -2.04. The summed E-state index contributed by atoms with van der Waals surface area (Å²) in [6.07, 6.45) is 0. The van der Waals surface area contributed by atoms with E-state index in [0.717, 1.165) is 22.4 Å². The Kier molecular flexibility index (Phi) is 5.20. The highest BCUT2D eigenvalue weighted by Crippen LogP contribution is 2.28. The van der Waals surface area contributed by atoms with Crippen molar-refractivity contribution in [2.75, 3.05) is 7.11 Å². The summed E-state index contributed by atoms with van der Waals surface area (Å²) in [6.45, 7) is 2.69. The van der Waals surface area contributed by atoms with Crippen molar-refractivity contribution in [1.29, 1.82) is 0 Å². The Bertz CT molecular complexity index is 598. The molecule has 0 radical (unpaired) electrons. The van der Waals surface area contributed by atoms with Crippen LogP contribution < -0.4 is 10.1 Å². The van der Waals surface area contributed by atoms with Gasteiger partial charge in [0.25, 0.3) is 0 Å². The lowest BCUT2D eigenvalue weighted by Gasteiger charge is -2.17. The highest BCUT2D eigenvalue weighted by atomic mass is 16.5. The number of aliphatic hydroxyl groups is 1. The fourth-order valence-electron chi connectivity index (χ4n) is 2.23. The minimum Gasteiger partial charge on any atom is -0.508 e. The molecule has 4 heteroatoms. The average Bonchev–Trinajstić information content (AvgIpc) is 2.53. The standard InChI is InChI=1S/C17H21NO3/c1-12(16-9-15(21-2)6-7-17(16)20)18-10-13-4-3-5-14(8-13)11-19/h3-9,12,18-20H,10-11H2,1-2H3. The van der Waals surface area contributed by atoms with Crippen LogP contribution in [0.4, 0.5) is 0 Å². The van der Waals surface area contributed by atoms with Gasteiger partial charge in [-0.05, 0) is 36.2 Å². The molecule has 112 valence electrons. The fraction of sp³-hybridized carbons (Fsp3) is 0.294. The summed E-state index contributed by atoms with van der Waals surface area (Å²) >= 11 is 0. The molecule has 1 unspecified atom stereocenters. The molecule has 0 bridgehead atoms. The second-order valence-corrected chi connectivity index (χ2v) is 5.01. The molecular formula is C17H21NO3. The van der Waals surface area contributed by atoms with E-state index < -0.39 is 0 Å². The molecular weight excluding hydrogens is 266 g/mol. The van der Waals surface area contributed by atoms with Gasteiger partial charge in [0.1, 0.15) is 11.5 Å². The van der Waals surface area contributed by atoms with Crippen molar-refractivity contribution in [3.05, 3.63) is 59.2 Å². The number of phenols is 1. The first-order chi connectivity index (χ1) is 10.1.